The van der Waals surface area contributed by atoms with Crippen molar-refractivity contribution < 1.29 is 9.47 Å². The van der Waals surface area contributed by atoms with E-state index in [2.05, 4.69) is 39.2 Å². The molecule has 0 bridgehead atoms. The van der Waals surface area contributed by atoms with Gasteiger partial charge in [-0.05, 0) is 17.4 Å². The molecule has 0 radical (unpaired) electrons. The van der Waals surface area contributed by atoms with E-state index in [1.54, 1.807) is 6.08 Å². The van der Waals surface area contributed by atoms with Gasteiger partial charge in [0.25, 0.3) is 0 Å². The van der Waals surface area contributed by atoms with Gasteiger partial charge in [0.05, 0.1) is 0 Å². The first-order valence-corrected chi connectivity index (χ1v) is 5.53. The van der Waals surface area contributed by atoms with Crippen LogP contribution in [0.25, 0.3) is 6.08 Å². The van der Waals surface area contributed by atoms with Crippen molar-refractivity contribution in [3.05, 3.63) is 35.4 Å². The molecule has 1 aromatic rings. The van der Waals surface area contributed by atoms with E-state index in [9.17, 15) is 4.53 Å². The molecule has 0 N–H and O–H groups in total. The first-order chi connectivity index (χ1) is 7.45. The highest BCUT2D eigenvalue weighted by Crippen LogP contribution is 2.38. The molecule has 1 rings (SSSR count). The molecule has 16 heavy (non-hydrogen) atoms. The molecule has 1 aromatic carbocycles. The van der Waals surface area contributed by atoms with E-state index < -0.39 is 0 Å². The lowest BCUT2D eigenvalue weighted by atomic mass is 9.81. The van der Waals surface area contributed by atoms with Gasteiger partial charge in [-0.25, -0.2) is 0 Å². The summed E-state index contributed by atoms with van der Waals surface area (Å²) in [7, 11) is 0. The zero-order chi connectivity index (χ0) is 12.3. The van der Waals surface area contributed by atoms with Crippen LogP contribution in [-0.4, -0.2) is 0 Å². The van der Waals surface area contributed by atoms with Crippen LogP contribution in [0, 0.1) is 0 Å². The van der Waals surface area contributed by atoms with Gasteiger partial charge in [-0.3, -0.25) is 4.94 Å². The summed E-state index contributed by atoms with van der Waals surface area (Å²) >= 11 is 0. The third-order valence-corrected chi connectivity index (χ3v) is 2.70. The quantitative estimate of drug-likeness (QED) is 0.734. The van der Waals surface area contributed by atoms with Crippen molar-refractivity contribution in [3.8, 4) is 5.75 Å². The van der Waals surface area contributed by atoms with Crippen molar-refractivity contribution in [2.75, 3.05) is 0 Å². The fraction of sp³-hybridized carbons (Fsp3) is 0.429. The Kier molecular flexibility index (Phi) is 3.74. The SMILES string of the molecule is C=Cc1ccc(CC)c(C(C)(C)C)c1OF. The van der Waals surface area contributed by atoms with Crippen LogP contribution < -0.4 is 4.94 Å². The number of aryl methyl sites for hydroxylation is 1. The van der Waals surface area contributed by atoms with Crippen LogP contribution >= 0.6 is 0 Å². The van der Waals surface area contributed by atoms with Crippen molar-refractivity contribution in [2.45, 2.75) is 39.5 Å². The second-order valence-electron chi connectivity index (χ2n) is 4.90. The van der Waals surface area contributed by atoms with Crippen LogP contribution in [0.15, 0.2) is 18.7 Å². The molecule has 0 amide bonds. The van der Waals surface area contributed by atoms with Gasteiger partial charge in [0.2, 0.25) is 0 Å². The van der Waals surface area contributed by atoms with Crippen LogP contribution in [0.1, 0.15) is 44.4 Å². The molecule has 0 aliphatic heterocycles. The molecule has 0 aliphatic carbocycles. The van der Waals surface area contributed by atoms with Gasteiger partial charge in [-0.2, -0.15) is 0 Å². The fourth-order valence-electron chi connectivity index (χ4n) is 2.00. The summed E-state index contributed by atoms with van der Waals surface area (Å²) in [5, 5.41) is 0. The van der Waals surface area contributed by atoms with Crippen molar-refractivity contribution in [1.82, 2.24) is 0 Å². The normalized spacial score (nSPS) is 11.3. The summed E-state index contributed by atoms with van der Waals surface area (Å²) in [4.78, 5) is 4.07. The smallest absolute Gasteiger partial charge is 0.183 e. The molecule has 0 aromatic heterocycles. The third-order valence-electron chi connectivity index (χ3n) is 2.70. The van der Waals surface area contributed by atoms with E-state index in [4.69, 9.17) is 0 Å². The third kappa shape index (κ3) is 2.26. The average Bonchev–Trinajstić information content (AvgIpc) is 2.25. The van der Waals surface area contributed by atoms with Crippen molar-refractivity contribution in [1.29, 1.82) is 0 Å². The second kappa shape index (κ2) is 4.69. The molecule has 88 valence electrons. The lowest BCUT2D eigenvalue weighted by Gasteiger charge is -2.25. The number of benzene rings is 1. The lowest BCUT2D eigenvalue weighted by Crippen LogP contribution is -2.16. The van der Waals surface area contributed by atoms with Gasteiger partial charge < -0.3 is 0 Å². The maximum Gasteiger partial charge on any atom is 0.183 e. The minimum Gasteiger partial charge on any atom is -0.293 e. The van der Waals surface area contributed by atoms with Gasteiger partial charge in [-0.1, -0.05) is 52.5 Å². The van der Waals surface area contributed by atoms with Crippen LogP contribution in [0.3, 0.4) is 0 Å². The lowest BCUT2D eigenvalue weighted by molar-refractivity contribution is -0.00865. The molecular formula is C14H19FO. The van der Waals surface area contributed by atoms with Gasteiger partial charge in [0.15, 0.2) is 5.75 Å². The Balaban J connectivity index is 3.55. The summed E-state index contributed by atoms with van der Waals surface area (Å²) in [6.07, 6.45) is 2.48. The molecule has 0 atom stereocenters. The summed E-state index contributed by atoms with van der Waals surface area (Å²) in [6, 6.07) is 3.86. The Labute approximate surface area is 96.8 Å². The molecule has 0 aliphatic rings. The van der Waals surface area contributed by atoms with E-state index in [0.717, 1.165) is 17.5 Å². The highest BCUT2D eigenvalue weighted by Gasteiger charge is 2.24. The van der Waals surface area contributed by atoms with Crippen LogP contribution in [0.4, 0.5) is 4.53 Å². The number of rotatable bonds is 3. The van der Waals surface area contributed by atoms with Crippen molar-refractivity contribution in [3.63, 3.8) is 0 Å². The van der Waals surface area contributed by atoms with E-state index in [1.165, 1.54) is 0 Å². The first-order valence-electron chi connectivity index (χ1n) is 5.53. The minimum absolute atomic E-state index is 0.147. The van der Waals surface area contributed by atoms with Crippen LogP contribution in [0.5, 0.6) is 5.75 Å². The zero-order valence-corrected chi connectivity index (χ0v) is 10.4. The highest BCUT2D eigenvalue weighted by atomic mass is 19.3. The van der Waals surface area contributed by atoms with Gasteiger partial charge in [0.1, 0.15) is 0 Å². The predicted octanol–water partition coefficient (Wildman–Crippen LogP) is 4.45. The Hall–Kier alpha value is -1.31. The molecule has 2 heteroatoms. The fourth-order valence-corrected chi connectivity index (χ4v) is 2.00. The van der Waals surface area contributed by atoms with Gasteiger partial charge in [-0.15, -0.1) is 0 Å². The average molecular weight is 222 g/mol. The number of hydrogen-bond acceptors (Lipinski definition) is 1. The first kappa shape index (κ1) is 12.8. The van der Waals surface area contributed by atoms with Crippen molar-refractivity contribution >= 4 is 6.08 Å². The van der Waals surface area contributed by atoms with E-state index in [-0.39, 0.29) is 5.41 Å². The summed E-state index contributed by atoms with van der Waals surface area (Å²) in [6.45, 7) is 11.9. The van der Waals surface area contributed by atoms with Crippen LogP contribution in [0.2, 0.25) is 0 Å². The highest BCUT2D eigenvalue weighted by molar-refractivity contribution is 5.62. The van der Waals surface area contributed by atoms with E-state index >= 15 is 0 Å². The molecule has 0 fully saturated rings. The Morgan fingerprint density at radius 2 is 2.00 bits per heavy atom. The monoisotopic (exact) mass is 222 g/mol. The Morgan fingerprint density at radius 3 is 2.38 bits per heavy atom. The summed E-state index contributed by atoms with van der Waals surface area (Å²) in [5.41, 5.74) is 2.59. The van der Waals surface area contributed by atoms with Crippen LogP contribution in [-0.2, 0) is 11.8 Å². The maximum atomic E-state index is 12.7. The standard InChI is InChI=1S/C14H19FO/c1-6-10-8-9-11(7-2)13(16-15)12(10)14(3,4)5/h7-9H,2,6H2,1,3-5H3. The molecule has 0 saturated heterocycles. The minimum atomic E-state index is -0.147. The molecule has 0 spiro atoms. The molecule has 0 saturated carbocycles. The Bertz CT molecular complexity index is 388. The Morgan fingerprint density at radius 1 is 1.38 bits per heavy atom. The van der Waals surface area contributed by atoms with Gasteiger partial charge in [0, 0.05) is 15.7 Å². The van der Waals surface area contributed by atoms with Crippen molar-refractivity contribution in [2.24, 2.45) is 0 Å². The topological polar surface area (TPSA) is 9.23 Å². The zero-order valence-electron chi connectivity index (χ0n) is 10.4. The molecular weight excluding hydrogens is 203 g/mol. The van der Waals surface area contributed by atoms with E-state index in [0.29, 0.717) is 11.3 Å². The predicted molar refractivity (Wildman–Crippen MR) is 66.3 cm³/mol. The number of halogens is 1. The summed E-state index contributed by atoms with van der Waals surface area (Å²) < 4.78 is 12.7. The maximum absolute atomic E-state index is 12.7. The molecule has 0 unspecified atom stereocenters. The number of hydrogen-bond donors (Lipinski definition) is 0. The molecule has 0 heterocycles. The molecule has 1 nitrogen and oxygen atoms in total. The van der Waals surface area contributed by atoms with Gasteiger partial charge >= 0.3 is 0 Å². The van der Waals surface area contributed by atoms with E-state index in [1.807, 2.05) is 12.1 Å². The largest absolute Gasteiger partial charge is 0.293 e. The second-order valence-corrected chi connectivity index (χ2v) is 4.90. The summed E-state index contributed by atoms with van der Waals surface area (Å²) in [5.74, 6) is 0.307.